The van der Waals surface area contributed by atoms with Gasteiger partial charge in [-0.15, -0.1) is 0 Å². The summed E-state index contributed by atoms with van der Waals surface area (Å²) in [6, 6.07) is 7.05. The first-order valence-corrected chi connectivity index (χ1v) is 11.7. The number of alkyl halides is 6. The third-order valence-electron chi connectivity index (χ3n) is 5.92. The molecular weight excluding hydrogens is 596 g/mol. The fourth-order valence-corrected chi connectivity index (χ4v) is 3.89. The van der Waals surface area contributed by atoms with E-state index in [2.05, 4.69) is 5.32 Å². The van der Waals surface area contributed by atoms with Crippen molar-refractivity contribution in [3.05, 3.63) is 91.2 Å². The second-order valence-electron chi connectivity index (χ2n) is 8.89. The van der Waals surface area contributed by atoms with Gasteiger partial charge in [-0.05, 0) is 35.9 Å². The molecule has 0 saturated heterocycles. The number of carbonyl (C=O) groups excluding carboxylic acids is 2. The lowest BCUT2D eigenvalue weighted by atomic mass is 10.1. The minimum atomic E-state index is -5.47. The molecule has 4 rings (SSSR count). The fourth-order valence-electron chi connectivity index (χ4n) is 3.89. The molecule has 0 aliphatic heterocycles. The van der Waals surface area contributed by atoms with Crippen molar-refractivity contribution in [1.29, 1.82) is 0 Å². The molecule has 2 aromatic carbocycles. The first-order valence-electron chi connectivity index (χ1n) is 11.7. The van der Waals surface area contributed by atoms with Gasteiger partial charge in [0.05, 0.1) is 33.8 Å². The quantitative estimate of drug-likeness (QED) is 0.130. The van der Waals surface area contributed by atoms with E-state index in [9.17, 15) is 55.6 Å². The zero-order valence-corrected chi connectivity index (χ0v) is 21.4. The molecule has 0 radical (unpaired) electrons. The first-order chi connectivity index (χ1) is 19.9. The van der Waals surface area contributed by atoms with Gasteiger partial charge in [-0.1, -0.05) is 0 Å². The molecule has 2 aromatic heterocycles. The highest BCUT2D eigenvalue weighted by Crippen LogP contribution is 2.30. The molecule has 4 aromatic rings. The molecule has 19 heteroatoms. The maximum Gasteiger partial charge on any atom is 0.472 e. The van der Waals surface area contributed by atoms with E-state index in [0.717, 1.165) is 33.7 Å². The summed E-state index contributed by atoms with van der Waals surface area (Å²) in [4.78, 5) is 61.8. The van der Waals surface area contributed by atoms with Crippen molar-refractivity contribution in [2.75, 3.05) is 22.7 Å². The van der Waals surface area contributed by atoms with Crippen LogP contribution >= 0.6 is 0 Å². The van der Waals surface area contributed by atoms with E-state index in [0.29, 0.717) is 0 Å². The second-order valence-corrected chi connectivity index (χ2v) is 8.89. The highest BCUT2D eigenvalue weighted by atomic mass is 19.4. The van der Waals surface area contributed by atoms with Gasteiger partial charge in [0.25, 0.3) is 5.69 Å². The van der Waals surface area contributed by atoms with Crippen LogP contribution in [0.5, 0.6) is 0 Å². The van der Waals surface area contributed by atoms with E-state index in [-0.39, 0.29) is 27.4 Å². The Balaban J connectivity index is 1.76. The molecule has 0 aliphatic rings. The van der Waals surface area contributed by atoms with E-state index in [1.165, 1.54) is 43.1 Å². The van der Waals surface area contributed by atoms with Crippen molar-refractivity contribution in [3.8, 4) is 5.69 Å². The topological polar surface area (TPSA) is 164 Å². The van der Waals surface area contributed by atoms with Crippen LogP contribution in [-0.4, -0.2) is 50.5 Å². The standard InChI is InChI=1S/C24H17F6N7O6/c1-34(22(41)31-13-2-4-14(5-3-13)37(42)43)15-6-7-35(11-15)17-9-18-16(8-12(17)10-23(25,26)27)32-19(38)20(39)36(18)33-21(40)24(28,29)30/h2-9,11H,10H2,1H3,(H,31,41)(H,32,38)(H,33,40). The van der Waals surface area contributed by atoms with Crippen LogP contribution in [0.25, 0.3) is 16.7 Å². The van der Waals surface area contributed by atoms with Crippen molar-refractivity contribution >= 4 is 40.0 Å². The van der Waals surface area contributed by atoms with Crippen LogP contribution in [0, 0.1) is 10.1 Å². The number of halogens is 6. The number of anilines is 2. The van der Waals surface area contributed by atoms with Crippen LogP contribution in [0.1, 0.15) is 5.56 Å². The number of rotatable bonds is 6. The number of H-pyrrole nitrogens is 1. The Labute approximate surface area is 234 Å². The molecule has 0 fully saturated rings. The van der Waals surface area contributed by atoms with Crippen molar-refractivity contribution in [2.24, 2.45) is 0 Å². The molecule has 0 atom stereocenters. The molecule has 0 aliphatic carbocycles. The Morgan fingerprint density at radius 2 is 1.70 bits per heavy atom. The second kappa shape index (κ2) is 11.0. The lowest BCUT2D eigenvalue weighted by Crippen LogP contribution is -2.46. The van der Waals surface area contributed by atoms with Gasteiger partial charge in [0, 0.05) is 37.3 Å². The summed E-state index contributed by atoms with van der Waals surface area (Å²) >= 11 is 0. The first kappa shape index (κ1) is 30.3. The van der Waals surface area contributed by atoms with Crippen LogP contribution in [0.3, 0.4) is 0 Å². The monoisotopic (exact) mass is 613 g/mol. The molecule has 3 N–H and O–H groups in total. The van der Waals surface area contributed by atoms with E-state index in [4.69, 9.17) is 0 Å². The average molecular weight is 613 g/mol. The van der Waals surface area contributed by atoms with Gasteiger partial charge in [0.2, 0.25) is 0 Å². The summed E-state index contributed by atoms with van der Waals surface area (Å²) < 4.78 is 80.1. The highest BCUT2D eigenvalue weighted by molar-refractivity contribution is 6.01. The molecule has 0 bridgehead atoms. The number of hydrogen-bond donors (Lipinski definition) is 3. The van der Waals surface area contributed by atoms with Gasteiger partial charge >= 0.3 is 35.4 Å². The van der Waals surface area contributed by atoms with Crippen LogP contribution in [0.4, 0.5) is 48.2 Å². The molecule has 2 heterocycles. The Morgan fingerprint density at radius 1 is 1.05 bits per heavy atom. The smallest absolute Gasteiger partial charge is 0.321 e. The van der Waals surface area contributed by atoms with Gasteiger partial charge < -0.3 is 14.9 Å². The summed E-state index contributed by atoms with van der Waals surface area (Å²) in [6.07, 6.45) is -9.42. The van der Waals surface area contributed by atoms with Crippen molar-refractivity contribution in [2.45, 2.75) is 18.8 Å². The Kier molecular flexibility index (Phi) is 7.75. The number of nitrogens with one attached hydrogen (secondary N) is 3. The molecule has 226 valence electrons. The normalized spacial score (nSPS) is 11.8. The number of benzene rings is 2. The van der Waals surface area contributed by atoms with E-state index in [1.54, 1.807) is 0 Å². The van der Waals surface area contributed by atoms with Crippen molar-refractivity contribution in [3.63, 3.8) is 0 Å². The molecule has 0 unspecified atom stereocenters. The predicted octanol–water partition coefficient (Wildman–Crippen LogP) is 3.79. The number of aromatic nitrogens is 3. The molecule has 0 spiro atoms. The van der Waals surface area contributed by atoms with Crippen LogP contribution < -0.4 is 26.8 Å². The maximum atomic E-state index is 13.5. The van der Waals surface area contributed by atoms with Crippen LogP contribution in [-0.2, 0) is 11.2 Å². The molecule has 43 heavy (non-hydrogen) atoms. The summed E-state index contributed by atoms with van der Waals surface area (Å²) in [6.45, 7) is 0. The number of urea groups is 1. The van der Waals surface area contributed by atoms with Gasteiger partial charge in [0.15, 0.2) is 0 Å². The SMILES string of the molecule is CN(C(=O)Nc1ccc([N+](=O)[O-])cc1)c1ccn(-c2cc3c(cc2CC(F)(F)F)[nH]c(=O)c(=O)n3NC(=O)C(F)(F)F)c1. The number of nitro benzene ring substituents is 1. The zero-order valence-electron chi connectivity index (χ0n) is 21.4. The summed E-state index contributed by atoms with van der Waals surface area (Å²) in [7, 11) is 1.30. The predicted molar refractivity (Wildman–Crippen MR) is 139 cm³/mol. The number of nitrogens with zero attached hydrogens (tertiary/aromatic N) is 4. The van der Waals surface area contributed by atoms with E-state index in [1.807, 2.05) is 4.98 Å². The number of amides is 3. The molecule has 13 nitrogen and oxygen atoms in total. The van der Waals surface area contributed by atoms with Gasteiger partial charge in [-0.25, -0.2) is 9.47 Å². The third-order valence-corrected chi connectivity index (χ3v) is 5.92. The van der Waals surface area contributed by atoms with Crippen LogP contribution in [0.2, 0.25) is 0 Å². The zero-order chi connectivity index (χ0) is 31.9. The lowest BCUT2D eigenvalue weighted by molar-refractivity contribution is -0.384. The Hall–Kier alpha value is -5.62. The van der Waals surface area contributed by atoms with Gasteiger partial charge in [-0.3, -0.25) is 34.8 Å². The van der Waals surface area contributed by atoms with E-state index < -0.39 is 63.4 Å². The average Bonchev–Trinajstić information content (AvgIpc) is 3.39. The number of non-ortho nitro benzene ring substituents is 1. The minimum absolute atomic E-state index is 0.0287. The number of aromatic amines is 1. The lowest BCUT2D eigenvalue weighted by Gasteiger charge is -2.18. The Bertz CT molecular complexity index is 1860. The van der Waals surface area contributed by atoms with E-state index >= 15 is 0 Å². The number of carbonyl (C=O) groups is 2. The van der Waals surface area contributed by atoms with Crippen molar-refractivity contribution < 1.29 is 40.9 Å². The Morgan fingerprint density at radius 3 is 2.28 bits per heavy atom. The minimum Gasteiger partial charge on any atom is -0.321 e. The summed E-state index contributed by atoms with van der Waals surface area (Å²) in [5.74, 6) is -2.62. The summed E-state index contributed by atoms with van der Waals surface area (Å²) in [5, 5.41) is 13.3. The van der Waals surface area contributed by atoms with Gasteiger partial charge in [-0.2, -0.15) is 26.3 Å². The van der Waals surface area contributed by atoms with Crippen LogP contribution in [0.15, 0.2) is 64.4 Å². The van der Waals surface area contributed by atoms with Gasteiger partial charge in [0.1, 0.15) is 0 Å². The largest absolute Gasteiger partial charge is 0.472 e. The molecule has 3 amide bonds. The fraction of sp³-hybridized carbons (Fsp3) is 0.167. The third kappa shape index (κ3) is 6.66. The molecule has 0 saturated carbocycles. The number of hydrogen-bond acceptors (Lipinski definition) is 6. The number of fused-ring (bicyclic) bond motifs is 1. The molecular formula is C24H17F6N7O6. The maximum absolute atomic E-state index is 13.5. The highest BCUT2D eigenvalue weighted by Gasteiger charge is 2.39. The number of nitro groups is 1. The summed E-state index contributed by atoms with van der Waals surface area (Å²) in [5.41, 5.74) is -3.68. The van der Waals surface area contributed by atoms with Crippen molar-refractivity contribution in [1.82, 2.24) is 14.2 Å².